The average Bonchev–Trinajstić information content (AvgIpc) is 2.58. The van der Waals surface area contributed by atoms with Crippen molar-refractivity contribution in [1.29, 1.82) is 0 Å². The maximum atomic E-state index is 4.68. The summed E-state index contributed by atoms with van der Waals surface area (Å²) in [5.74, 6) is 0.706. The van der Waals surface area contributed by atoms with E-state index < -0.39 is 0 Å². The molecule has 0 saturated heterocycles. The number of anilines is 2. The van der Waals surface area contributed by atoms with E-state index >= 15 is 0 Å². The molecule has 4 heteroatoms. The van der Waals surface area contributed by atoms with Crippen molar-refractivity contribution in [2.45, 2.75) is 6.92 Å². The molecule has 0 aliphatic carbocycles. The first-order valence-corrected chi connectivity index (χ1v) is 6.94. The number of benzene rings is 1. The van der Waals surface area contributed by atoms with Crippen LogP contribution in [0.5, 0.6) is 0 Å². The smallest absolute Gasteiger partial charge is 0.230 e. The SMILES string of the molecule is CCN(c1ccccc1)c1nccc(-c2ccncc2)n1. The van der Waals surface area contributed by atoms with Gasteiger partial charge in [-0.2, -0.15) is 0 Å². The number of aromatic nitrogens is 3. The van der Waals surface area contributed by atoms with Crippen molar-refractivity contribution in [3.8, 4) is 11.3 Å². The number of para-hydroxylation sites is 1. The second-order valence-corrected chi connectivity index (χ2v) is 4.56. The van der Waals surface area contributed by atoms with Crippen LogP contribution in [-0.4, -0.2) is 21.5 Å². The highest BCUT2D eigenvalue weighted by molar-refractivity contribution is 5.62. The van der Waals surface area contributed by atoms with Crippen LogP contribution in [0.4, 0.5) is 11.6 Å². The van der Waals surface area contributed by atoms with E-state index in [0.29, 0.717) is 5.95 Å². The lowest BCUT2D eigenvalue weighted by atomic mass is 10.2. The Hall–Kier alpha value is -2.75. The van der Waals surface area contributed by atoms with Crippen molar-refractivity contribution in [3.63, 3.8) is 0 Å². The first-order chi connectivity index (χ1) is 10.4. The van der Waals surface area contributed by atoms with Gasteiger partial charge < -0.3 is 4.90 Å². The third kappa shape index (κ3) is 2.89. The largest absolute Gasteiger partial charge is 0.311 e. The summed E-state index contributed by atoms with van der Waals surface area (Å²) in [7, 11) is 0. The van der Waals surface area contributed by atoms with Gasteiger partial charge in [-0.05, 0) is 37.3 Å². The lowest BCUT2D eigenvalue weighted by molar-refractivity contribution is 0.948. The Morgan fingerprint density at radius 3 is 2.38 bits per heavy atom. The molecule has 0 unspecified atom stereocenters. The van der Waals surface area contributed by atoms with Crippen LogP contribution < -0.4 is 4.90 Å². The van der Waals surface area contributed by atoms with Gasteiger partial charge in [-0.15, -0.1) is 0 Å². The molecular formula is C17H16N4. The summed E-state index contributed by atoms with van der Waals surface area (Å²) < 4.78 is 0. The van der Waals surface area contributed by atoms with Gasteiger partial charge in [-0.25, -0.2) is 9.97 Å². The molecule has 0 saturated carbocycles. The molecule has 0 aliphatic heterocycles. The molecule has 0 radical (unpaired) electrons. The van der Waals surface area contributed by atoms with Crippen LogP contribution in [-0.2, 0) is 0 Å². The molecule has 0 spiro atoms. The molecule has 0 aliphatic rings. The predicted octanol–water partition coefficient (Wildman–Crippen LogP) is 3.70. The molecule has 2 heterocycles. The van der Waals surface area contributed by atoms with Gasteiger partial charge in [0.2, 0.25) is 5.95 Å². The standard InChI is InChI=1S/C17H16N4/c1-2-21(15-6-4-3-5-7-15)17-19-13-10-16(20-17)14-8-11-18-12-9-14/h3-13H,2H2,1H3. The molecule has 0 N–H and O–H groups in total. The lowest BCUT2D eigenvalue weighted by Crippen LogP contribution is -2.18. The van der Waals surface area contributed by atoms with Gasteiger partial charge in [-0.3, -0.25) is 4.98 Å². The second-order valence-electron chi connectivity index (χ2n) is 4.56. The first kappa shape index (κ1) is 13.2. The van der Waals surface area contributed by atoms with Crippen molar-refractivity contribution < 1.29 is 0 Å². The number of rotatable bonds is 4. The minimum atomic E-state index is 0.706. The van der Waals surface area contributed by atoms with Crippen molar-refractivity contribution >= 4 is 11.6 Å². The molecule has 0 atom stereocenters. The van der Waals surface area contributed by atoms with E-state index in [1.165, 1.54) is 0 Å². The summed E-state index contributed by atoms with van der Waals surface area (Å²) in [4.78, 5) is 15.2. The van der Waals surface area contributed by atoms with Gasteiger partial charge in [0.25, 0.3) is 0 Å². The van der Waals surface area contributed by atoms with Crippen LogP contribution in [0, 0.1) is 0 Å². The Morgan fingerprint density at radius 1 is 0.905 bits per heavy atom. The quantitative estimate of drug-likeness (QED) is 0.728. The summed E-state index contributed by atoms with van der Waals surface area (Å²) in [6, 6.07) is 16.0. The molecule has 3 aromatic rings. The second kappa shape index (κ2) is 6.13. The Kier molecular flexibility index (Phi) is 3.87. The normalized spacial score (nSPS) is 10.3. The van der Waals surface area contributed by atoms with Crippen LogP contribution >= 0.6 is 0 Å². The monoisotopic (exact) mass is 276 g/mol. The van der Waals surface area contributed by atoms with Gasteiger partial charge in [0.05, 0.1) is 5.69 Å². The van der Waals surface area contributed by atoms with Crippen molar-refractivity contribution in [2.75, 3.05) is 11.4 Å². The highest BCUT2D eigenvalue weighted by atomic mass is 15.2. The van der Waals surface area contributed by atoms with Gasteiger partial charge in [0, 0.05) is 36.4 Å². The third-order valence-corrected chi connectivity index (χ3v) is 3.24. The van der Waals surface area contributed by atoms with E-state index in [1.807, 2.05) is 36.4 Å². The lowest BCUT2D eigenvalue weighted by Gasteiger charge is -2.21. The van der Waals surface area contributed by atoms with Gasteiger partial charge in [-0.1, -0.05) is 18.2 Å². The minimum absolute atomic E-state index is 0.706. The van der Waals surface area contributed by atoms with Crippen molar-refractivity contribution in [2.24, 2.45) is 0 Å². The Morgan fingerprint density at radius 2 is 1.67 bits per heavy atom. The Bertz CT molecular complexity index is 698. The Labute approximate surface area is 124 Å². The first-order valence-electron chi connectivity index (χ1n) is 6.94. The third-order valence-electron chi connectivity index (χ3n) is 3.24. The van der Waals surface area contributed by atoms with Gasteiger partial charge in [0.15, 0.2) is 0 Å². The molecule has 104 valence electrons. The molecule has 3 rings (SSSR count). The van der Waals surface area contributed by atoms with Crippen molar-refractivity contribution in [1.82, 2.24) is 15.0 Å². The van der Waals surface area contributed by atoms with E-state index in [2.05, 4.69) is 38.9 Å². The summed E-state index contributed by atoms with van der Waals surface area (Å²) in [6.45, 7) is 2.90. The summed E-state index contributed by atoms with van der Waals surface area (Å²) >= 11 is 0. The zero-order valence-electron chi connectivity index (χ0n) is 11.8. The highest BCUT2D eigenvalue weighted by Crippen LogP contribution is 2.23. The summed E-state index contributed by atoms with van der Waals surface area (Å²) in [6.07, 6.45) is 5.33. The highest BCUT2D eigenvalue weighted by Gasteiger charge is 2.10. The number of nitrogens with zero attached hydrogens (tertiary/aromatic N) is 4. The minimum Gasteiger partial charge on any atom is -0.311 e. The van der Waals surface area contributed by atoms with Gasteiger partial charge in [0.1, 0.15) is 0 Å². The average molecular weight is 276 g/mol. The fraction of sp³-hybridized carbons (Fsp3) is 0.118. The maximum absolute atomic E-state index is 4.68. The molecule has 4 nitrogen and oxygen atoms in total. The number of hydrogen-bond donors (Lipinski definition) is 0. The zero-order chi connectivity index (χ0) is 14.5. The molecular weight excluding hydrogens is 260 g/mol. The van der Waals surface area contributed by atoms with Crippen LogP contribution in [0.15, 0.2) is 67.1 Å². The molecule has 0 fully saturated rings. The van der Waals surface area contributed by atoms with E-state index in [9.17, 15) is 0 Å². The maximum Gasteiger partial charge on any atom is 0.230 e. The topological polar surface area (TPSA) is 41.9 Å². The Balaban J connectivity index is 1.99. The van der Waals surface area contributed by atoms with E-state index in [0.717, 1.165) is 23.5 Å². The van der Waals surface area contributed by atoms with Crippen molar-refractivity contribution in [3.05, 3.63) is 67.1 Å². The van der Waals surface area contributed by atoms with Crippen LogP contribution in [0.2, 0.25) is 0 Å². The van der Waals surface area contributed by atoms with Crippen LogP contribution in [0.1, 0.15) is 6.92 Å². The predicted molar refractivity (Wildman–Crippen MR) is 84.4 cm³/mol. The fourth-order valence-corrected chi connectivity index (χ4v) is 2.21. The van der Waals surface area contributed by atoms with Gasteiger partial charge >= 0.3 is 0 Å². The molecule has 2 aromatic heterocycles. The van der Waals surface area contributed by atoms with E-state index in [4.69, 9.17) is 0 Å². The zero-order valence-corrected chi connectivity index (χ0v) is 11.8. The molecule has 21 heavy (non-hydrogen) atoms. The number of hydrogen-bond acceptors (Lipinski definition) is 4. The molecule has 0 amide bonds. The summed E-state index contributed by atoms with van der Waals surface area (Å²) in [5.41, 5.74) is 3.03. The van der Waals surface area contributed by atoms with Crippen LogP contribution in [0.25, 0.3) is 11.3 Å². The summed E-state index contributed by atoms with van der Waals surface area (Å²) in [5, 5.41) is 0. The number of pyridine rings is 1. The van der Waals surface area contributed by atoms with Crippen LogP contribution in [0.3, 0.4) is 0 Å². The van der Waals surface area contributed by atoms with E-state index in [-0.39, 0.29) is 0 Å². The fourth-order valence-electron chi connectivity index (χ4n) is 2.21. The molecule has 1 aromatic carbocycles. The molecule has 0 bridgehead atoms. The van der Waals surface area contributed by atoms with E-state index in [1.54, 1.807) is 18.6 Å².